The second-order valence-corrected chi connectivity index (χ2v) is 6.59. The Balaban J connectivity index is 3.19. The molecular weight excluding hydrogens is 206 g/mol. The quantitative estimate of drug-likeness (QED) is 0.530. The molecule has 1 unspecified atom stereocenters. The predicted molar refractivity (Wildman–Crippen MR) is 79.5 cm³/mol. The van der Waals surface area contributed by atoms with E-state index < -0.39 is 0 Å². The summed E-state index contributed by atoms with van der Waals surface area (Å²) in [5, 5.41) is 3.59. The molecule has 1 heteroatoms. The van der Waals surface area contributed by atoms with Crippen LogP contribution in [0.15, 0.2) is 0 Å². The number of rotatable bonds is 10. The van der Waals surface area contributed by atoms with E-state index in [0.29, 0.717) is 5.41 Å². The van der Waals surface area contributed by atoms with Gasteiger partial charge < -0.3 is 5.32 Å². The first-order chi connectivity index (χ1) is 7.98. The maximum absolute atomic E-state index is 3.59. The Morgan fingerprint density at radius 2 is 1.41 bits per heavy atom. The average Bonchev–Trinajstić information content (AvgIpc) is 2.25. The van der Waals surface area contributed by atoms with E-state index in [1.807, 2.05) is 0 Å². The van der Waals surface area contributed by atoms with Gasteiger partial charge in [0.1, 0.15) is 0 Å². The molecule has 104 valence electrons. The van der Waals surface area contributed by atoms with E-state index in [9.17, 15) is 0 Å². The summed E-state index contributed by atoms with van der Waals surface area (Å²) >= 11 is 0. The Bertz CT molecular complexity index is 157. The minimum atomic E-state index is 0.438. The van der Waals surface area contributed by atoms with Crippen LogP contribution in [0, 0.1) is 11.3 Å². The first-order valence-electron chi connectivity index (χ1n) is 7.69. The minimum Gasteiger partial charge on any atom is -0.316 e. The fourth-order valence-electron chi connectivity index (χ4n) is 1.83. The number of nitrogens with one attached hydrogen (secondary N) is 1. The Labute approximate surface area is 110 Å². The topological polar surface area (TPSA) is 12.0 Å². The SMILES string of the molecule is CCCCCCCCCNCC(C)C(C)(C)C. The van der Waals surface area contributed by atoms with Gasteiger partial charge in [-0.25, -0.2) is 0 Å². The molecule has 0 saturated carbocycles. The Kier molecular flexibility index (Phi) is 9.91. The lowest BCUT2D eigenvalue weighted by atomic mass is 9.82. The van der Waals surface area contributed by atoms with Crippen molar-refractivity contribution in [3.63, 3.8) is 0 Å². The molecule has 0 amide bonds. The van der Waals surface area contributed by atoms with Gasteiger partial charge in [-0.15, -0.1) is 0 Å². The molecule has 0 aliphatic rings. The Morgan fingerprint density at radius 1 is 0.882 bits per heavy atom. The smallest absolute Gasteiger partial charge is 0.00182 e. The summed E-state index contributed by atoms with van der Waals surface area (Å²) in [7, 11) is 0. The van der Waals surface area contributed by atoms with Crippen molar-refractivity contribution in [1.29, 1.82) is 0 Å². The van der Waals surface area contributed by atoms with E-state index in [-0.39, 0.29) is 0 Å². The van der Waals surface area contributed by atoms with Crippen LogP contribution in [0.2, 0.25) is 0 Å². The molecule has 0 rings (SSSR count). The minimum absolute atomic E-state index is 0.438. The lowest BCUT2D eigenvalue weighted by Crippen LogP contribution is -2.30. The standard InChI is InChI=1S/C16H35N/c1-6-7-8-9-10-11-12-13-17-14-15(2)16(3,4)5/h15,17H,6-14H2,1-5H3. The highest BCUT2D eigenvalue weighted by Crippen LogP contribution is 2.24. The summed E-state index contributed by atoms with van der Waals surface area (Å²) in [6, 6.07) is 0. The van der Waals surface area contributed by atoms with Crippen LogP contribution in [0.4, 0.5) is 0 Å². The fourth-order valence-corrected chi connectivity index (χ4v) is 1.83. The highest BCUT2D eigenvalue weighted by Gasteiger charge is 2.18. The third-order valence-corrected chi connectivity index (χ3v) is 3.89. The van der Waals surface area contributed by atoms with E-state index in [1.165, 1.54) is 58.0 Å². The average molecular weight is 241 g/mol. The normalized spacial score (nSPS) is 13.9. The number of hydrogen-bond donors (Lipinski definition) is 1. The summed E-state index contributed by atoms with van der Waals surface area (Å²) in [6.07, 6.45) is 9.82. The van der Waals surface area contributed by atoms with Crippen LogP contribution in [-0.4, -0.2) is 13.1 Å². The van der Waals surface area contributed by atoms with Gasteiger partial charge in [0.25, 0.3) is 0 Å². The van der Waals surface area contributed by atoms with Crippen LogP contribution in [0.3, 0.4) is 0 Å². The maximum Gasteiger partial charge on any atom is -0.00182 e. The van der Waals surface area contributed by atoms with Crippen molar-refractivity contribution < 1.29 is 0 Å². The molecule has 1 nitrogen and oxygen atoms in total. The van der Waals surface area contributed by atoms with Crippen LogP contribution in [0.1, 0.15) is 79.6 Å². The van der Waals surface area contributed by atoms with E-state index >= 15 is 0 Å². The zero-order valence-electron chi connectivity index (χ0n) is 12.9. The van der Waals surface area contributed by atoms with Crippen molar-refractivity contribution in [3.05, 3.63) is 0 Å². The van der Waals surface area contributed by atoms with Crippen LogP contribution < -0.4 is 5.32 Å². The van der Waals surface area contributed by atoms with E-state index in [4.69, 9.17) is 0 Å². The molecule has 1 N–H and O–H groups in total. The van der Waals surface area contributed by atoms with Gasteiger partial charge in [0.05, 0.1) is 0 Å². The summed E-state index contributed by atoms with van der Waals surface area (Å²) in [6.45, 7) is 14.0. The third kappa shape index (κ3) is 10.8. The van der Waals surface area contributed by atoms with Crippen molar-refractivity contribution >= 4 is 0 Å². The second kappa shape index (κ2) is 9.94. The monoisotopic (exact) mass is 241 g/mol. The maximum atomic E-state index is 3.59. The van der Waals surface area contributed by atoms with Gasteiger partial charge >= 0.3 is 0 Å². The van der Waals surface area contributed by atoms with E-state index in [0.717, 1.165) is 5.92 Å². The van der Waals surface area contributed by atoms with Crippen molar-refractivity contribution in [2.45, 2.75) is 79.6 Å². The van der Waals surface area contributed by atoms with Gasteiger partial charge in [0.15, 0.2) is 0 Å². The molecule has 0 aliphatic heterocycles. The zero-order valence-corrected chi connectivity index (χ0v) is 12.9. The molecule has 1 atom stereocenters. The molecule has 0 aromatic rings. The molecule has 17 heavy (non-hydrogen) atoms. The van der Waals surface area contributed by atoms with Crippen molar-refractivity contribution in [3.8, 4) is 0 Å². The second-order valence-electron chi connectivity index (χ2n) is 6.59. The third-order valence-electron chi connectivity index (χ3n) is 3.89. The summed E-state index contributed by atoms with van der Waals surface area (Å²) in [5.41, 5.74) is 0.438. The highest BCUT2D eigenvalue weighted by atomic mass is 14.9. The van der Waals surface area contributed by atoms with Gasteiger partial charge in [0, 0.05) is 0 Å². The molecule has 0 bridgehead atoms. The lowest BCUT2D eigenvalue weighted by Gasteiger charge is -2.27. The van der Waals surface area contributed by atoms with Gasteiger partial charge in [-0.1, -0.05) is 73.1 Å². The molecule has 0 radical (unpaired) electrons. The van der Waals surface area contributed by atoms with E-state index in [2.05, 4.69) is 39.9 Å². The molecule has 0 aromatic heterocycles. The first-order valence-corrected chi connectivity index (χ1v) is 7.69. The molecular formula is C16H35N. The summed E-state index contributed by atoms with van der Waals surface area (Å²) in [5.74, 6) is 0.757. The molecule has 0 saturated heterocycles. The zero-order chi connectivity index (χ0) is 13.1. The molecule has 0 aromatic carbocycles. The van der Waals surface area contributed by atoms with E-state index in [1.54, 1.807) is 0 Å². The van der Waals surface area contributed by atoms with Crippen LogP contribution >= 0.6 is 0 Å². The predicted octanol–water partition coefficient (Wildman–Crippen LogP) is 5.01. The van der Waals surface area contributed by atoms with Crippen molar-refractivity contribution in [2.24, 2.45) is 11.3 Å². The summed E-state index contributed by atoms with van der Waals surface area (Å²) < 4.78 is 0. The van der Waals surface area contributed by atoms with Gasteiger partial charge in [-0.3, -0.25) is 0 Å². The largest absolute Gasteiger partial charge is 0.316 e. The summed E-state index contributed by atoms with van der Waals surface area (Å²) in [4.78, 5) is 0. The lowest BCUT2D eigenvalue weighted by molar-refractivity contribution is 0.253. The van der Waals surface area contributed by atoms with Crippen LogP contribution in [0.25, 0.3) is 0 Å². The highest BCUT2D eigenvalue weighted by molar-refractivity contribution is 4.71. The van der Waals surface area contributed by atoms with Crippen molar-refractivity contribution in [2.75, 3.05) is 13.1 Å². The molecule has 0 fully saturated rings. The number of unbranched alkanes of at least 4 members (excludes halogenated alkanes) is 6. The van der Waals surface area contributed by atoms with Crippen LogP contribution in [0.5, 0.6) is 0 Å². The van der Waals surface area contributed by atoms with Gasteiger partial charge in [-0.05, 0) is 30.8 Å². The molecule has 0 aliphatic carbocycles. The molecule has 0 heterocycles. The molecule has 0 spiro atoms. The Hall–Kier alpha value is -0.0400. The van der Waals surface area contributed by atoms with Gasteiger partial charge in [0.2, 0.25) is 0 Å². The van der Waals surface area contributed by atoms with Crippen LogP contribution in [-0.2, 0) is 0 Å². The first kappa shape index (κ1) is 17.0. The number of hydrogen-bond acceptors (Lipinski definition) is 1. The van der Waals surface area contributed by atoms with Gasteiger partial charge in [-0.2, -0.15) is 0 Å². The Morgan fingerprint density at radius 3 is 1.94 bits per heavy atom. The van der Waals surface area contributed by atoms with Crippen molar-refractivity contribution in [1.82, 2.24) is 5.32 Å². The fraction of sp³-hybridized carbons (Fsp3) is 1.00.